The van der Waals surface area contributed by atoms with Gasteiger partial charge < -0.3 is 15.4 Å². The number of rotatable bonds is 5. The summed E-state index contributed by atoms with van der Waals surface area (Å²) >= 11 is 0. The smallest absolute Gasteiger partial charge is 0.240 e. The molecule has 0 spiro atoms. The van der Waals surface area contributed by atoms with Crippen molar-refractivity contribution < 1.29 is 9.53 Å². The molecule has 2 N–H and O–H groups in total. The number of benzene rings is 1. The van der Waals surface area contributed by atoms with Gasteiger partial charge in [0.25, 0.3) is 0 Å². The van der Waals surface area contributed by atoms with Crippen LogP contribution in [0.25, 0.3) is 0 Å². The molecule has 7 nitrogen and oxygen atoms in total. The number of carbonyl (C=O) groups is 1. The first-order valence-corrected chi connectivity index (χ1v) is 7.75. The second-order valence-corrected chi connectivity index (χ2v) is 5.64. The van der Waals surface area contributed by atoms with Crippen LogP contribution in [0.5, 0.6) is 0 Å². The fourth-order valence-electron chi connectivity index (χ4n) is 2.59. The molecule has 1 fully saturated rings. The maximum absolute atomic E-state index is 12.2. The van der Waals surface area contributed by atoms with E-state index in [9.17, 15) is 4.79 Å². The first-order chi connectivity index (χ1) is 11.2. The second-order valence-electron chi connectivity index (χ2n) is 5.64. The van der Waals surface area contributed by atoms with Crippen molar-refractivity contribution >= 4 is 5.91 Å². The van der Waals surface area contributed by atoms with E-state index < -0.39 is 0 Å². The molecule has 0 aliphatic carbocycles. The van der Waals surface area contributed by atoms with Gasteiger partial charge in [0.05, 0.1) is 19.3 Å². The Labute approximate surface area is 135 Å². The van der Waals surface area contributed by atoms with Gasteiger partial charge in [0.15, 0.2) is 0 Å². The van der Waals surface area contributed by atoms with Crippen LogP contribution >= 0.6 is 0 Å². The lowest BCUT2D eigenvalue weighted by Crippen LogP contribution is -2.55. The van der Waals surface area contributed by atoms with Crippen molar-refractivity contribution in [2.75, 3.05) is 13.2 Å². The van der Waals surface area contributed by atoms with Gasteiger partial charge in [0, 0.05) is 13.1 Å². The van der Waals surface area contributed by atoms with Crippen molar-refractivity contribution in [3.63, 3.8) is 0 Å². The molecule has 2 aromatic rings. The quantitative estimate of drug-likeness (QED) is 0.830. The van der Waals surface area contributed by atoms with Crippen molar-refractivity contribution in [1.82, 2.24) is 25.4 Å². The highest BCUT2D eigenvalue weighted by atomic mass is 16.5. The van der Waals surface area contributed by atoms with Crippen LogP contribution in [0.1, 0.15) is 18.1 Å². The van der Waals surface area contributed by atoms with Crippen LogP contribution in [0.15, 0.2) is 36.9 Å². The fourth-order valence-corrected chi connectivity index (χ4v) is 2.59. The predicted octanol–water partition coefficient (Wildman–Crippen LogP) is 0.320. The first-order valence-electron chi connectivity index (χ1n) is 7.75. The molecule has 23 heavy (non-hydrogen) atoms. The molecular formula is C16H21N5O2. The monoisotopic (exact) mass is 315 g/mol. The summed E-state index contributed by atoms with van der Waals surface area (Å²) in [5.74, 6) is -0.0242. The molecule has 122 valence electrons. The summed E-state index contributed by atoms with van der Waals surface area (Å²) in [5.41, 5.74) is 2.20. The molecule has 1 aliphatic heterocycles. The standard InChI is InChI=1S/C16H21N5O2/c1-12-15(18-6-7-23-12)16(22)19-8-13-2-4-14(5-3-13)9-21-11-17-10-20-21/h2-5,10-12,15,18H,6-9H2,1H3,(H,19,22)/t12-,15+/m1/s1. The molecule has 2 atom stereocenters. The van der Waals surface area contributed by atoms with Crippen LogP contribution in [0.3, 0.4) is 0 Å². The Morgan fingerprint density at radius 1 is 1.39 bits per heavy atom. The summed E-state index contributed by atoms with van der Waals surface area (Å²) in [6.07, 6.45) is 3.11. The molecule has 0 radical (unpaired) electrons. The van der Waals surface area contributed by atoms with Gasteiger partial charge in [0.2, 0.25) is 5.91 Å². The number of amides is 1. The summed E-state index contributed by atoms with van der Waals surface area (Å²) < 4.78 is 7.26. The largest absolute Gasteiger partial charge is 0.375 e. The molecule has 0 bridgehead atoms. The van der Waals surface area contributed by atoms with E-state index in [1.165, 1.54) is 6.33 Å². The Hall–Kier alpha value is -2.25. The average Bonchev–Trinajstić information content (AvgIpc) is 3.07. The van der Waals surface area contributed by atoms with Crippen molar-refractivity contribution in [2.24, 2.45) is 0 Å². The van der Waals surface area contributed by atoms with Gasteiger partial charge in [-0.15, -0.1) is 0 Å². The predicted molar refractivity (Wildman–Crippen MR) is 84.6 cm³/mol. The Morgan fingerprint density at radius 2 is 2.17 bits per heavy atom. The van der Waals surface area contributed by atoms with E-state index in [1.807, 2.05) is 31.2 Å². The number of nitrogens with one attached hydrogen (secondary N) is 2. The topological polar surface area (TPSA) is 81.1 Å². The highest BCUT2D eigenvalue weighted by molar-refractivity contribution is 5.82. The van der Waals surface area contributed by atoms with Gasteiger partial charge in [-0.3, -0.25) is 4.79 Å². The van der Waals surface area contributed by atoms with E-state index >= 15 is 0 Å². The SMILES string of the molecule is C[C@H]1OCCN[C@@H]1C(=O)NCc1ccc(Cn2cncn2)cc1. The van der Waals surface area contributed by atoms with Crippen molar-refractivity contribution in [3.8, 4) is 0 Å². The van der Waals surface area contributed by atoms with Gasteiger partial charge in [-0.2, -0.15) is 5.10 Å². The van der Waals surface area contributed by atoms with Crippen LogP contribution in [-0.2, 0) is 22.6 Å². The zero-order chi connectivity index (χ0) is 16.1. The lowest BCUT2D eigenvalue weighted by molar-refractivity contribution is -0.129. The molecule has 1 aromatic heterocycles. The Kier molecular flexibility index (Phi) is 4.99. The minimum atomic E-state index is -0.282. The van der Waals surface area contributed by atoms with Gasteiger partial charge in [-0.25, -0.2) is 9.67 Å². The number of hydrogen-bond donors (Lipinski definition) is 2. The molecular weight excluding hydrogens is 294 g/mol. The second kappa shape index (κ2) is 7.34. The molecule has 1 amide bonds. The zero-order valence-electron chi connectivity index (χ0n) is 13.1. The lowest BCUT2D eigenvalue weighted by Gasteiger charge is -2.29. The van der Waals surface area contributed by atoms with E-state index in [1.54, 1.807) is 11.0 Å². The van der Waals surface area contributed by atoms with Gasteiger partial charge in [0.1, 0.15) is 18.7 Å². The summed E-state index contributed by atoms with van der Waals surface area (Å²) in [5, 5.41) is 10.2. The Balaban J connectivity index is 1.51. The van der Waals surface area contributed by atoms with Crippen LogP contribution in [-0.4, -0.2) is 46.0 Å². The van der Waals surface area contributed by atoms with E-state index in [0.29, 0.717) is 26.2 Å². The number of hydrogen-bond acceptors (Lipinski definition) is 5. The number of morpholine rings is 1. The van der Waals surface area contributed by atoms with E-state index in [4.69, 9.17) is 4.74 Å². The highest BCUT2D eigenvalue weighted by Crippen LogP contribution is 2.07. The normalized spacial score (nSPS) is 21.1. The summed E-state index contributed by atoms with van der Waals surface area (Å²) in [7, 11) is 0. The Bertz CT molecular complexity index is 626. The lowest BCUT2D eigenvalue weighted by atomic mass is 10.1. The van der Waals surface area contributed by atoms with Crippen molar-refractivity contribution in [1.29, 1.82) is 0 Å². The summed E-state index contributed by atoms with van der Waals surface area (Å²) in [6.45, 7) is 4.47. The third-order valence-corrected chi connectivity index (χ3v) is 3.90. The number of ether oxygens (including phenoxy) is 1. The van der Waals surface area contributed by atoms with Crippen molar-refractivity contribution in [3.05, 3.63) is 48.0 Å². The van der Waals surface area contributed by atoms with Crippen LogP contribution in [0.4, 0.5) is 0 Å². The molecule has 0 saturated carbocycles. The molecule has 1 aliphatic rings. The van der Waals surface area contributed by atoms with E-state index in [2.05, 4.69) is 20.7 Å². The van der Waals surface area contributed by atoms with Crippen LogP contribution < -0.4 is 10.6 Å². The number of carbonyl (C=O) groups excluding carboxylic acids is 1. The summed E-state index contributed by atoms with van der Waals surface area (Å²) in [6, 6.07) is 7.82. The summed E-state index contributed by atoms with van der Waals surface area (Å²) in [4.78, 5) is 16.1. The number of aromatic nitrogens is 3. The fraction of sp³-hybridized carbons (Fsp3) is 0.438. The van der Waals surface area contributed by atoms with E-state index in [0.717, 1.165) is 11.1 Å². The third kappa shape index (κ3) is 4.14. The third-order valence-electron chi connectivity index (χ3n) is 3.90. The molecule has 7 heteroatoms. The van der Waals surface area contributed by atoms with Gasteiger partial charge in [-0.1, -0.05) is 24.3 Å². The average molecular weight is 315 g/mol. The number of nitrogens with zero attached hydrogens (tertiary/aromatic N) is 3. The molecule has 1 aromatic carbocycles. The van der Waals surface area contributed by atoms with Crippen LogP contribution in [0, 0.1) is 0 Å². The molecule has 0 unspecified atom stereocenters. The highest BCUT2D eigenvalue weighted by Gasteiger charge is 2.27. The maximum atomic E-state index is 12.2. The van der Waals surface area contributed by atoms with E-state index in [-0.39, 0.29) is 18.1 Å². The van der Waals surface area contributed by atoms with Gasteiger partial charge >= 0.3 is 0 Å². The minimum absolute atomic E-state index is 0.0242. The van der Waals surface area contributed by atoms with Crippen molar-refractivity contribution in [2.45, 2.75) is 32.2 Å². The van der Waals surface area contributed by atoms with Gasteiger partial charge in [-0.05, 0) is 18.1 Å². The molecule has 1 saturated heterocycles. The minimum Gasteiger partial charge on any atom is -0.375 e. The molecule has 3 rings (SSSR count). The Morgan fingerprint density at radius 3 is 2.87 bits per heavy atom. The molecule has 2 heterocycles. The maximum Gasteiger partial charge on any atom is 0.240 e. The van der Waals surface area contributed by atoms with Crippen LogP contribution in [0.2, 0.25) is 0 Å². The first kappa shape index (κ1) is 15.6. The zero-order valence-corrected chi connectivity index (χ0v) is 13.1.